The average Bonchev–Trinajstić information content (AvgIpc) is 2.72. The molecule has 28 heavy (non-hydrogen) atoms. The van der Waals surface area contributed by atoms with Crippen molar-refractivity contribution in [3.8, 4) is 0 Å². The molecule has 0 heteroatoms. The Labute approximate surface area is 180 Å². The van der Waals surface area contributed by atoms with Gasteiger partial charge in [-0.2, -0.15) is 0 Å². The van der Waals surface area contributed by atoms with Gasteiger partial charge in [-0.3, -0.25) is 0 Å². The summed E-state index contributed by atoms with van der Waals surface area (Å²) in [5.41, 5.74) is 0. The Morgan fingerprint density at radius 2 is 0.821 bits per heavy atom. The van der Waals surface area contributed by atoms with Crippen LogP contribution in [0.5, 0.6) is 0 Å². The van der Waals surface area contributed by atoms with Gasteiger partial charge in [-0.25, -0.2) is 0 Å². The van der Waals surface area contributed by atoms with Crippen LogP contribution in [0.1, 0.15) is 168 Å². The molecule has 1 aliphatic carbocycles. The topological polar surface area (TPSA) is 0 Å². The van der Waals surface area contributed by atoms with Crippen molar-refractivity contribution in [3.05, 3.63) is 0 Å². The molecule has 1 unspecified atom stereocenters. The number of hydrogen-bond acceptors (Lipinski definition) is 0. The summed E-state index contributed by atoms with van der Waals surface area (Å²) in [6.45, 7) is 4.67. The van der Waals surface area contributed by atoms with Gasteiger partial charge in [0.2, 0.25) is 0 Å². The van der Waals surface area contributed by atoms with Crippen LogP contribution < -0.4 is 0 Å². The predicted molar refractivity (Wildman–Crippen MR) is 129 cm³/mol. The molecule has 1 saturated carbocycles. The third-order valence-corrected chi connectivity index (χ3v) is 7.42. The zero-order valence-corrected chi connectivity index (χ0v) is 20.1. The summed E-state index contributed by atoms with van der Waals surface area (Å²) in [5.74, 6) is 2.12. The number of unbranched alkanes of at least 4 members (excludes halogenated alkanes) is 11. The normalized spacial score (nSPS) is 18.2. The second-order valence-electron chi connectivity index (χ2n) is 10.0. The van der Waals surface area contributed by atoms with Crippen LogP contribution in [0, 0.1) is 11.8 Å². The van der Waals surface area contributed by atoms with Gasteiger partial charge in [0, 0.05) is 0 Å². The fourth-order valence-corrected chi connectivity index (χ4v) is 5.48. The first-order valence-corrected chi connectivity index (χ1v) is 13.9. The van der Waals surface area contributed by atoms with Crippen molar-refractivity contribution < 1.29 is 0 Å². The molecule has 1 fully saturated rings. The maximum atomic E-state index is 2.35. The van der Waals surface area contributed by atoms with Gasteiger partial charge in [-0.05, 0) is 11.8 Å². The van der Waals surface area contributed by atoms with Gasteiger partial charge in [-0.15, -0.1) is 0 Å². The molecule has 168 valence electrons. The maximum absolute atomic E-state index is 2.35. The van der Waals surface area contributed by atoms with E-state index in [1.54, 1.807) is 25.7 Å². The van der Waals surface area contributed by atoms with Gasteiger partial charge in [0.1, 0.15) is 0 Å². The molecule has 1 rings (SSSR count). The lowest BCUT2D eigenvalue weighted by Crippen LogP contribution is -2.16. The van der Waals surface area contributed by atoms with Crippen LogP contribution >= 0.6 is 0 Å². The lowest BCUT2D eigenvalue weighted by atomic mass is 9.77. The molecule has 0 aromatic heterocycles. The Bertz CT molecular complexity index is 284. The van der Waals surface area contributed by atoms with E-state index in [-0.39, 0.29) is 0 Å². The molecule has 0 bridgehead atoms. The van der Waals surface area contributed by atoms with Crippen molar-refractivity contribution in [1.29, 1.82) is 0 Å². The van der Waals surface area contributed by atoms with Gasteiger partial charge >= 0.3 is 0 Å². The lowest BCUT2D eigenvalue weighted by Gasteiger charge is -2.28. The van der Waals surface area contributed by atoms with Gasteiger partial charge in [0.05, 0.1) is 0 Å². The number of hydrogen-bond donors (Lipinski definition) is 0. The third kappa shape index (κ3) is 14.9. The zero-order valence-electron chi connectivity index (χ0n) is 20.1. The summed E-state index contributed by atoms with van der Waals surface area (Å²) >= 11 is 0. The molecule has 1 aliphatic rings. The Balaban J connectivity index is 2.29. The Morgan fingerprint density at radius 1 is 0.464 bits per heavy atom. The molecular weight excluding hydrogens is 336 g/mol. The first-order valence-electron chi connectivity index (χ1n) is 13.9. The molecule has 0 aromatic carbocycles. The van der Waals surface area contributed by atoms with Crippen molar-refractivity contribution in [2.24, 2.45) is 11.8 Å². The van der Waals surface area contributed by atoms with Crippen LogP contribution in [-0.4, -0.2) is 0 Å². The second-order valence-corrected chi connectivity index (χ2v) is 10.0. The zero-order chi connectivity index (χ0) is 20.1. The molecule has 0 aromatic rings. The summed E-state index contributed by atoms with van der Waals surface area (Å²) in [7, 11) is 0. The molecule has 0 nitrogen and oxygen atoms in total. The van der Waals surface area contributed by atoms with Crippen LogP contribution in [0.25, 0.3) is 0 Å². The van der Waals surface area contributed by atoms with Crippen molar-refractivity contribution in [2.45, 2.75) is 168 Å². The highest BCUT2D eigenvalue weighted by molar-refractivity contribution is 4.73. The van der Waals surface area contributed by atoms with E-state index in [9.17, 15) is 0 Å². The SMILES string of the molecule is CCCCCCCCCCCC(CCCCCC)C1CCCCCCCCC1. The highest BCUT2D eigenvalue weighted by Crippen LogP contribution is 2.34. The van der Waals surface area contributed by atoms with Crippen LogP contribution in [0.2, 0.25) is 0 Å². The highest BCUT2D eigenvalue weighted by atomic mass is 14.3. The van der Waals surface area contributed by atoms with Gasteiger partial charge < -0.3 is 0 Å². The molecule has 0 amide bonds. The van der Waals surface area contributed by atoms with E-state index >= 15 is 0 Å². The first-order chi connectivity index (χ1) is 13.9. The molecule has 0 N–H and O–H groups in total. The molecule has 1 atom stereocenters. The largest absolute Gasteiger partial charge is 0.0654 e. The maximum Gasteiger partial charge on any atom is -0.0386 e. The Morgan fingerprint density at radius 3 is 1.29 bits per heavy atom. The summed E-state index contributed by atoms with van der Waals surface area (Å²) in [5, 5.41) is 0. The van der Waals surface area contributed by atoms with E-state index < -0.39 is 0 Å². The quantitative estimate of drug-likeness (QED) is 0.229. The average molecular weight is 393 g/mol. The van der Waals surface area contributed by atoms with E-state index in [1.165, 1.54) is 128 Å². The molecule has 0 heterocycles. The fourth-order valence-electron chi connectivity index (χ4n) is 5.48. The molecule has 0 spiro atoms. The monoisotopic (exact) mass is 392 g/mol. The van der Waals surface area contributed by atoms with E-state index in [0.717, 1.165) is 11.8 Å². The second kappa shape index (κ2) is 20.3. The Hall–Kier alpha value is 0. The van der Waals surface area contributed by atoms with Crippen LogP contribution in [0.3, 0.4) is 0 Å². The third-order valence-electron chi connectivity index (χ3n) is 7.42. The summed E-state index contributed by atoms with van der Waals surface area (Å²) < 4.78 is 0. The van der Waals surface area contributed by atoms with Crippen molar-refractivity contribution in [1.82, 2.24) is 0 Å². The first kappa shape index (κ1) is 26.0. The Kier molecular flexibility index (Phi) is 18.9. The van der Waals surface area contributed by atoms with Crippen LogP contribution in [0.15, 0.2) is 0 Å². The molecule has 0 saturated heterocycles. The minimum Gasteiger partial charge on any atom is -0.0654 e. The van der Waals surface area contributed by atoms with Gasteiger partial charge in [-0.1, -0.05) is 168 Å². The van der Waals surface area contributed by atoms with Crippen molar-refractivity contribution >= 4 is 0 Å². The molecule has 0 radical (unpaired) electrons. The molecule has 0 aliphatic heterocycles. The smallest absolute Gasteiger partial charge is 0.0386 e. The van der Waals surface area contributed by atoms with E-state index in [4.69, 9.17) is 0 Å². The summed E-state index contributed by atoms with van der Waals surface area (Å²) in [6.07, 6.45) is 35.9. The minimum atomic E-state index is 1.06. The van der Waals surface area contributed by atoms with E-state index in [0.29, 0.717) is 0 Å². The predicted octanol–water partition coefficient (Wildman–Crippen LogP) is 10.6. The van der Waals surface area contributed by atoms with Crippen LogP contribution in [0.4, 0.5) is 0 Å². The standard InChI is InChI=1S/C28H56/c1-3-5-7-9-10-11-13-16-20-24-27(23-19-8-6-4-2)28-25-21-17-14-12-15-18-22-26-28/h27-28H,3-26H2,1-2H3. The molecular formula is C28H56. The van der Waals surface area contributed by atoms with Crippen LogP contribution in [-0.2, 0) is 0 Å². The minimum absolute atomic E-state index is 1.06. The van der Waals surface area contributed by atoms with Crippen molar-refractivity contribution in [2.75, 3.05) is 0 Å². The summed E-state index contributed by atoms with van der Waals surface area (Å²) in [4.78, 5) is 0. The summed E-state index contributed by atoms with van der Waals surface area (Å²) in [6, 6.07) is 0. The van der Waals surface area contributed by atoms with Crippen molar-refractivity contribution in [3.63, 3.8) is 0 Å². The van der Waals surface area contributed by atoms with Gasteiger partial charge in [0.15, 0.2) is 0 Å². The van der Waals surface area contributed by atoms with E-state index in [2.05, 4.69) is 13.8 Å². The lowest BCUT2D eigenvalue weighted by molar-refractivity contribution is 0.233. The highest BCUT2D eigenvalue weighted by Gasteiger charge is 2.21. The number of rotatable bonds is 16. The van der Waals surface area contributed by atoms with Gasteiger partial charge in [0.25, 0.3) is 0 Å². The van der Waals surface area contributed by atoms with E-state index in [1.807, 2.05) is 0 Å². The fraction of sp³-hybridized carbons (Fsp3) is 1.00.